The van der Waals surface area contributed by atoms with Crippen molar-refractivity contribution >= 4 is 40.2 Å². The number of aromatic amines is 2. The maximum atomic E-state index is 12.7. The van der Waals surface area contributed by atoms with Gasteiger partial charge in [0.2, 0.25) is 5.95 Å². The Morgan fingerprint density at radius 3 is 2.86 bits per heavy atom. The Hall–Kier alpha value is -3.27. The number of nitrogens with one attached hydrogen (secondary N) is 3. The van der Waals surface area contributed by atoms with Crippen LogP contribution in [0.3, 0.4) is 0 Å². The highest BCUT2D eigenvalue weighted by Crippen LogP contribution is 2.27. The van der Waals surface area contributed by atoms with Crippen LogP contribution in [0.25, 0.3) is 11.0 Å². The van der Waals surface area contributed by atoms with Crippen molar-refractivity contribution in [3.05, 3.63) is 53.1 Å². The Balaban J connectivity index is 1.51. The molecule has 0 aliphatic carbocycles. The highest BCUT2D eigenvalue weighted by molar-refractivity contribution is 6.35. The van der Waals surface area contributed by atoms with Gasteiger partial charge in [-0.25, -0.2) is 18.7 Å². The molecule has 0 saturated carbocycles. The summed E-state index contributed by atoms with van der Waals surface area (Å²) in [5.41, 5.74) is 2.18. The number of fused-ring (bicyclic) bond motifs is 1. The van der Waals surface area contributed by atoms with Crippen LogP contribution >= 0.6 is 11.6 Å². The zero-order valence-corrected chi connectivity index (χ0v) is 15.4. The second-order valence-electron chi connectivity index (χ2n) is 6.07. The molecule has 144 valence electrons. The SMILES string of the molecule is CN(Cc1ccc2[nH]cnc2c1Cl)c1nccc(Nc2cc(C(F)F)[nH]n2)n1. The molecule has 0 radical (unpaired) electrons. The number of hydrogen-bond acceptors (Lipinski definition) is 6. The summed E-state index contributed by atoms with van der Waals surface area (Å²) in [4.78, 5) is 17.7. The topological polar surface area (TPSA) is 98.4 Å². The van der Waals surface area contributed by atoms with Gasteiger partial charge in [0.05, 0.1) is 16.9 Å². The molecule has 3 heterocycles. The first-order chi connectivity index (χ1) is 13.5. The average molecular weight is 405 g/mol. The lowest BCUT2D eigenvalue weighted by atomic mass is 10.2. The van der Waals surface area contributed by atoms with Gasteiger partial charge in [0, 0.05) is 25.9 Å². The number of H-pyrrole nitrogens is 2. The molecule has 0 unspecified atom stereocenters. The molecule has 0 amide bonds. The van der Waals surface area contributed by atoms with Crippen LogP contribution in [0.1, 0.15) is 17.7 Å². The van der Waals surface area contributed by atoms with Crippen LogP contribution in [0.2, 0.25) is 5.02 Å². The quantitative estimate of drug-likeness (QED) is 0.448. The third kappa shape index (κ3) is 3.58. The fourth-order valence-corrected chi connectivity index (χ4v) is 2.98. The Morgan fingerprint density at radius 2 is 2.07 bits per heavy atom. The molecule has 0 atom stereocenters. The number of alkyl halides is 2. The van der Waals surface area contributed by atoms with Gasteiger partial charge in [0.25, 0.3) is 6.43 Å². The number of aromatic nitrogens is 6. The summed E-state index contributed by atoms with van der Waals surface area (Å²) >= 11 is 6.45. The maximum Gasteiger partial charge on any atom is 0.279 e. The van der Waals surface area contributed by atoms with Gasteiger partial charge in [0.15, 0.2) is 5.82 Å². The molecule has 4 aromatic rings. The summed E-state index contributed by atoms with van der Waals surface area (Å²) in [5, 5.41) is 9.51. The van der Waals surface area contributed by atoms with Crippen molar-refractivity contribution < 1.29 is 8.78 Å². The summed E-state index contributed by atoms with van der Waals surface area (Å²) in [7, 11) is 1.83. The summed E-state index contributed by atoms with van der Waals surface area (Å²) in [6.07, 6.45) is 0.545. The van der Waals surface area contributed by atoms with E-state index < -0.39 is 6.43 Å². The first kappa shape index (κ1) is 18.1. The predicted octanol–water partition coefficient (Wildman–Crippen LogP) is 4.05. The molecule has 3 aromatic heterocycles. The van der Waals surface area contributed by atoms with Crippen molar-refractivity contribution in [3.8, 4) is 0 Å². The first-order valence-electron chi connectivity index (χ1n) is 8.26. The molecule has 0 saturated heterocycles. The van der Waals surface area contributed by atoms with E-state index in [1.165, 1.54) is 6.07 Å². The number of nitrogens with zero attached hydrogens (tertiary/aromatic N) is 5. The molecule has 1 aromatic carbocycles. The molecule has 28 heavy (non-hydrogen) atoms. The maximum absolute atomic E-state index is 12.7. The van der Waals surface area contributed by atoms with E-state index in [0.29, 0.717) is 28.9 Å². The Bertz CT molecular complexity index is 1110. The monoisotopic (exact) mass is 404 g/mol. The van der Waals surface area contributed by atoms with E-state index in [4.69, 9.17) is 11.6 Å². The second kappa shape index (κ2) is 7.39. The van der Waals surface area contributed by atoms with Crippen molar-refractivity contribution in [2.75, 3.05) is 17.3 Å². The third-order valence-corrected chi connectivity index (χ3v) is 4.51. The lowest BCUT2D eigenvalue weighted by Crippen LogP contribution is -2.19. The summed E-state index contributed by atoms with van der Waals surface area (Å²) in [6.45, 7) is 0.461. The second-order valence-corrected chi connectivity index (χ2v) is 6.45. The van der Waals surface area contributed by atoms with Crippen molar-refractivity contribution in [1.29, 1.82) is 0 Å². The molecule has 0 bridgehead atoms. The zero-order chi connectivity index (χ0) is 19.7. The van der Waals surface area contributed by atoms with Gasteiger partial charge in [-0.2, -0.15) is 10.1 Å². The smallest absolute Gasteiger partial charge is 0.279 e. The van der Waals surface area contributed by atoms with E-state index in [1.807, 2.05) is 24.1 Å². The van der Waals surface area contributed by atoms with E-state index in [9.17, 15) is 8.78 Å². The van der Waals surface area contributed by atoms with Crippen LogP contribution in [-0.4, -0.2) is 37.2 Å². The van der Waals surface area contributed by atoms with Crippen LogP contribution in [0, 0.1) is 0 Å². The fraction of sp³-hybridized carbons (Fsp3) is 0.176. The molecule has 0 spiro atoms. The number of anilines is 3. The molecule has 4 rings (SSSR count). The van der Waals surface area contributed by atoms with E-state index in [2.05, 4.69) is 35.5 Å². The third-order valence-electron chi connectivity index (χ3n) is 4.09. The Labute approximate surface area is 163 Å². The number of benzene rings is 1. The number of imidazole rings is 1. The lowest BCUT2D eigenvalue weighted by Gasteiger charge is -2.18. The highest BCUT2D eigenvalue weighted by Gasteiger charge is 2.14. The van der Waals surface area contributed by atoms with Crippen molar-refractivity contribution in [3.63, 3.8) is 0 Å². The molecule has 0 aliphatic rings. The minimum absolute atomic E-state index is 0.245. The molecule has 0 aliphatic heterocycles. The average Bonchev–Trinajstić information content (AvgIpc) is 3.34. The van der Waals surface area contributed by atoms with Crippen molar-refractivity contribution in [2.24, 2.45) is 0 Å². The van der Waals surface area contributed by atoms with E-state index in [0.717, 1.165) is 11.1 Å². The van der Waals surface area contributed by atoms with Gasteiger partial charge in [-0.05, 0) is 17.7 Å². The highest BCUT2D eigenvalue weighted by atomic mass is 35.5. The van der Waals surface area contributed by atoms with Crippen molar-refractivity contribution in [1.82, 2.24) is 30.1 Å². The molecule has 0 fully saturated rings. The van der Waals surface area contributed by atoms with E-state index >= 15 is 0 Å². The van der Waals surface area contributed by atoms with Gasteiger partial charge < -0.3 is 15.2 Å². The van der Waals surface area contributed by atoms with Gasteiger partial charge >= 0.3 is 0 Å². The summed E-state index contributed by atoms with van der Waals surface area (Å²) in [5.74, 6) is 1.11. The van der Waals surface area contributed by atoms with Crippen LogP contribution in [0.15, 0.2) is 36.8 Å². The predicted molar refractivity (Wildman–Crippen MR) is 102 cm³/mol. The van der Waals surface area contributed by atoms with Crippen molar-refractivity contribution in [2.45, 2.75) is 13.0 Å². The van der Waals surface area contributed by atoms with Gasteiger partial charge in [0.1, 0.15) is 17.0 Å². The standard InChI is InChI=1S/C17H15ClF2N8/c1-28(7-9-2-3-10-15(14(9)18)23-8-22-10)17-21-5-4-12(25-17)24-13-6-11(16(19)20)26-27-13/h2-6,8,16H,7H2,1H3,(H,22,23)(H2,21,24,25,26,27). The van der Waals surface area contributed by atoms with Crippen LogP contribution in [0.4, 0.5) is 26.4 Å². The fourth-order valence-electron chi connectivity index (χ4n) is 2.71. The zero-order valence-electron chi connectivity index (χ0n) is 14.6. The van der Waals surface area contributed by atoms with Gasteiger partial charge in [-0.3, -0.25) is 5.10 Å². The van der Waals surface area contributed by atoms with Crippen LogP contribution in [0.5, 0.6) is 0 Å². The Kier molecular flexibility index (Phi) is 4.78. The molecular weight excluding hydrogens is 390 g/mol. The molecule has 11 heteroatoms. The lowest BCUT2D eigenvalue weighted by molar-refractivity contribution is 0.146. The van der Waals surface area contributed by atoms with E-state index in [1.54, 1.807) is 18.6 Å². The van der Waals surface area contributed by atoms with Crippen LogP contribution in [-0.2, 0) is 6.54 Å². The minimum Gasteiger partial charge on any atom is -0.345 e. The van der Waals surface area contributed by atoms with E-state index in [-0.39, 0.29) is 11.5 Å². The number of halogens is 3. The molecule has 3 N–H and O–H groups in total. The number of hydrogen-bond donors (Lipinski definition) is 3. The molecule has 8 nitrogen and oxygen atoms in total. The number of rotatable bonds is 6. The van der Waals surface area contributed by atoms with Gasteiger partial charge in [-0.15, -0.1) is 0 Å². The summed E-state index contributed by atoms with van der Waals surface area (Å²) in [6, 6.07) is 6.68. The molecular formula is C17H15ClF2N8. The van der Waals surface area contributed by atoms with Gasteiger partial charge in [-0.1, -0.05) is 17.7 Å². The minimum atomic E-state index is -2.62. The first-order valence-corrected chi connectivity index (χ1v) is 8.64. The summed E-state index contributed by atoms with van der Waals surface area (Å²) < 4.78 is 25.3. The normalized spacial score (nSPS) is 11.3. The largest absolute Gasteiger partial charge is 0.345 e. The Morgan fingerprint density at radius 1 is 1.21 bits per heavy atom. The van der Waals surface area contributed by atoms with Crippen LogP contribution < -0.4 is 10.2 Å².